The second-order valence-corrected chi connectivity index (χ2v) is 7.46. The Morgan fingerprint density at radius 1 is 1.22 bits per heavy atom. The molecule has 0 saturated heterocycles. The Kier molecular flexibility index (Phi) is 10.00. The molecule has 0 fully saturated rings. The fourth-order valence-corrected chi connectivity index (χ4v) is 3.59. The normalized spacial score (nSPS) is 11.1. The number of aliphatic imine (C=N–C) groups is 1. The molecular weight excluding hydrogens is 473 g/mol. The van der Waals surface area contributed by atoms with Crippen LogP contribution in [-0.4, -0.2) is 36.1 Å². The third kappa shape index (κ3) is 6.60. The van der Waals surface area contributed by atoms with E-state index >= 15 is 0 Å². The van der Waals surface area contributed by atoms with Crippen LogP contribution in [0.25, 0.3) is 0 Å². The molecule has 0 amide bonds. The molecule has 0 aliphatic heterocycles. The quantitative estimate of drug-likeness (QED) is 0.343. The fraction of sp³-hybridized carbons (Fsp3) is 0.526. The van der Waals surface area contributed by atoms with Crippen LogP contribution in [0.2, 0.25) is 0 Å². The summed E-state index contributed by atoms with van der Waals surface area (Å²) in [5.74, 6) is 1.68. The smallest absolute Gasteiger partial charge is 0.191 e. The molecule has 0 atom stereocenters. The van der Waals surface area contributed by atoms with Crippen LogP contribution in [0.5, 0.6) is 5.75 Å². The lowest BCUT2D eigenvalue weighted by Crippen LogP contribution is -2.38. The Bertz CT molecular complexity index is 756. The van der Waals surface area contributed by atoms with Gasteiger partial charge >= 0.3 is 0 Å². The maximum atomic E-state index is 5.47. The topological polar surface area (TPSA) is 71.4 Å². The van der Waals surface area contributed by atoms with Crippen molar-refractivity contribution in [2.45, 2.75) is 47.6 Å². The third-order valence-corrected chi connectivity index (χ3v) is 5.32. The lowest BCUT2D eigenvalue weighted by atomic mass is 10.1. The molecule has 2 rings (SSSR count). The molecule has 0 radical (unpaired) electrons. The zero-order valence-corrected chi connectivity index (χ0v) is 20.1. The van der Waals surface area contributed by atoms with E-state index in [1.54, 1.807) is 18.4 Å². The first kappa shape index (κ1) is 23.6. The average molecular weight is 503 g/mol. The van der Waals surface area contributed by atoms with Crippen LogP contribution in [0.4, 0.5) is 0 Å². The Morgan fingerprint density at radius 3 is 2.56 bits per heavy atom. The van der Waals surface area contributed by atoms with Crippen molar-refractivity contribution in [3.05, 3.63) is 38.6 Å². The van der Waals surface area contributed by atoms with E-state index in [1.807, 2.05) is 20.0 Å². The number of ether oxygens (including phenoxy) is 1. The van der Waals surface area contributed by atoms with E-state index in [1.165, 1.54) is 4.88 Å². The number of nitrogens with one attached hydrogen (secondary N) is 2. The van der Waals surface area contributed by atoms with Crippen molar-refractivity contribution in [2.75, 3.05) is 20.2 Å². The van der Waals surface area contributed by atoms with Crippen LogP contribution in [0, 0.1) is 27.7 Å². The number of rotatable bonds is 7. The van der Waals surface area contributed by atoms with E-state index in [9.17, 15) is 0 Å². The fourth-order valence-electron chi connectivity index (χ4n) is 2.66. The summed E-state index contributed by atoms with van der Waals surface area (Å²) in [6, 6.07) is 0. The number of nitrogens with zero attached hydrogens (tertiary/aromatic N) is 3. The van der Waals surface area contributed by atoms with E-state index in [-0.39, 0.29) is 24.0 Å². The van der Waals surface area contributed by atoms with Crippen molar-refractivity contribution in [1.29, 1.82) is 0 Å². The Labute approximate surface area is 183 Å². The zero-order chi connectivity index (χ0) is 19.1. The van der Waals surface area contributed by atoms with E-state index in [0.29, 0.717) is 6.54 Å². The van der Waals surface area contributed by atoms with Gasteiger partial charge < -0.3 is 15.4 Å². The molecule has 2 aromatic rings. The first-order valence-corrected chi connectivity index (χ1v) is 9.72. The molecule has 0 saturated carbocycles. The summed E-state index contributed by atoms with van der Waals surface area (Å²) in [5, 5.41) is 7.81. The van der Waals surface area contributed by atoms with Crippen LogP contribution in [0.1, 0.15) is 39.3 Å². The lowest BCUT2D eigenvalue weighted by molar-refractivity contribution is 0.407. The van der Waals surface area contributed by atoms with Gasteiger partial charge in [-0.15, -0.1) is 35.3 Å². The van der Waals surface area contributed by atoms with Crippen molar-refractivity contribution in [3.8, 4) is 5.75 Å². The van der Waals surface area contributed by atoms with E-state index in [0.717, 1.165) is 58.7 Å². The first-order chi connectivity index (χ1) is 12.5. The number of thiazole rings is 1. The largest absolute Gasteiger partial charge is 0.496 e. The number of hydrogen-bond acceptors (Lipinski definition) is 5. The minimum atomic E-state index is 0. The van der Waals surface area contributed by atoms with Crippen LogP contribution in [0.15, 0.2) is 11.2 Å². The minimum Gasteiger partial charge on any atom is -0.496 e. The molecular formula is C19H30IN5OS. The van der Waals surface area contributed by atoms with Crippen LogP contribution < -0.4 is 15.4 Å². The molecule has 0 aromatic carbocycles. The summed E-state index contributed by atoms with van der Waals surface area (Å²) in [7, 11) is 1.69. The molecule has 150 valence electrons. The first-order valence-electron chi connectivity index (χ1n) is 8.90. The molecule has 0 bridgehead atoms. The number of aromatic nitrogens is 2. The highest BCUT2D eigenvalue weighted by Crippen LogP contribution is 2.24. The van der Waals surface area contributed by atoms with Gasteiger partial charge in [0.15, 0.2) is 5.96 Å². The summed E-state index contributed by atoms with van der Waals surface area (Å²) >= 11 is 1.76. The summed E-state index contributed by atoms with van der Waals surface area (Å²) in [6.45, 7) is 12.4. The highest BCUT2D eigenvalue weighted by Gasteiger charge is 2.09. The summed E-state index contributed by atoms with van der Waals surface area (Å²) < 4.78 is 5.47. The molecule has 0 spiro atoms. The second-order valence-electron chi connectivity index (χ2n) is 6.17. The predicted octanol–water partition coefficient (Wildman–Crippen LogP) is 3.70. The SMILES string of the molecule is CCNC(=NCc1ncc(C)c(OC)c1C)NCCc1nc(C)c(C)s1.I. The van der Waals surface area contributed by atoms with Gasteiger partial charge in [-0.25, -0.2) is 9.98 Å². The van der Waals surface area contributed by atoms with Crippen LogP contribution >= 0.6 is 35.3 Å². The number of aryl methyl sites for hydroxylation is 3. The number of hydrogen-bond donors (Lipinski definition) is 2. The van der Waals surface area contributed by atoms with Crippen LogP contribution in [-0.2, 0) is 13.0 Å². The summed E-state index contributed by atoms with van der Waals surface area (Å²) in [4.78, 5) is 15.0. The van der Waals surface area contributed by atoms with Gasteiger partial charge in [0.05, 0.1) is 30.1 Å². The second kappa shape index (κ2) is 11.4. The van der Waals surface area contributed by atoms with E-state index in [2.05, 4.69) is 46.4 Å². The van der Waals surface area contributed by atoms with Gasteiger partial charge in [0.25, 0.3) is 0 Å². The van der Waals surface area contributed by atoms with E-state index in [4.69, 9.17) is 4.74 Å². The molecule has 2 heterocycles. The van der Waals surface area contributed by atoms with Gasteiger partial charge in [-0.1, -0.05) is 0 Å². The number of guanidine groups is 1. The van der Waals surface area contributed by atoms with Crippen molar-refractivity contribution in [2.24, 2.45) is 4.99 Å². The Balaban J connectivity index is 0.00000364. The molecule has 6 nitrogen and oxygen atoms in total. The Hall–Kier alpha value is -1.42. The van der Waals surface area contributed by atoms with E-state index < -0.39 is 0 Å². The van der Waals surface area contributed by atoms with Crippen LogP contribution in [0.3, 0.4) is 0 Å². The van der Waals surface area contributed by atoms with Crippen molar-refractivity contribution in [1.82, 2.24) is 20.6 Å². The molecule has 2 N–H and O–H groups in total. The molecule has 0 aliphatic carbocycles. The van der Waals surface area contributed by atoms with Gasteiger partial charge in [-0.2, -0.15) is 0 Å². The highest BCUT2D eigenvalue weighted by atomic mass is 127. The van der Waals surface area contributed by atoms with Gasteiger partial charge in [-0.05, 0) is 34.6 Å². The zero-order valence-electron chi connectivity index (χ0n) is 17.0. The Morgan fingerprint density at radius 2 is 1.96 bits per heavy atom. The third-order valence-electron chi connectivity index (χ3n) is 4.19. The predicted molar refractivity (Wildman–Crippen MR) is 124 cm³/mol. The molecule has 2 aromatic heterocycles. The standard InChI is InChI=1S/C19H29N5OS.HI/c1-7-20-19(21-9-8-17-24-14(4)15(5)26-17)23-11-16-13(3)18(25-6)12(2)10-22-16;/h10H,7-9,11H2,1-6H3,(H2,20,21,23);1H. The summed E-state index contributed by atoms with van der Waals surface area (Å²) in [6.07, 6.45) is 2.73. The maximum Gasteiger partial charge on any atom is 0.191 e. The van der Waals surface area contributed by atoms with Gasteiger partial charge in [0, 0.05) is 41.7 Å². The number of methoxy groups -OCH3 is 1. The van der Waals surface area contributed by atoms with Crippen molar-refractivity contribution >= 4 is 41.3 Å². The van der Waals surface area contributed by atoms with Crippen molar-refractivity contribution < 1.29 is 4.74 Å². The molecule has 8 heteroatoms. The maximum absolute atomic E-state index is 5.47. The summed E-state index contributed by atoms with van der Waals surface area (Å²) in [5.41, 5.74) is 4.13. The van der Waals surface area contributed by atoms with Crippen molar-refractivity contribution in [3.63, 3.8) is 0 Å². The monoisotopic (exact) mass is 503 g/mol. The average Bonchev–Trinajstić information content (AvgIpc) is 2.92. The highest BCUT2D eigenvalue weighted by molar-refractivity contribution is 14.0. The van der Waals surface area contributed by atoms with Gasteiger partial charge in [0.1, 0.15) is 5.75 Å². The van der Waals surface area contributed by atoms with Gasteiger partial charge in [-0.3, -0.25) is 4.98 Å². The lowest BCUT2D eigenvalue weighted by Gasteiger charge is -2.13. The minimum absolute atomic E-state index is 0. The molecule has 27 heavy (non-hydrogen) atoms. The van der Waals surface area contributed by atoms with Gasteiger partial charge in [0.2, 0.25) is 0 Å². The molecule has 0 aliphatic rings. The number of pyridine rings is 1. The molecule has 0 unspecified atom stereocenters. The number of halogens is 1.